The Morgan fingerprint density at radius 1 is 0.660 bits per heavy atom. The van der Waals surface area contributed by atoms with Gasteiger partial charge in [0.15, 0.2) is 0 Å². The molecule has 15 heteroatoms. The zero-order valence-corrected chi connectivity index (χ0v) is 29.2. The zero-order valence-electron chi connectivity index (χ0n) is 29.2. The molecule has 2 aromatic heterocycles. The smallest absolute Gasteiger partial charge is 0.321 e. The van der Waals surface area contributed by atoms with Crippen molar-refractivity contribution in [1.29, 1.82) is 0 Å². The van der Waals surface area contributed by atoms with Gasteiger partial charge in [-0.25, -0.2) is 27.2 Å². The number of carbonyl (C=O) groups excluding carboxylic acids is 3. The first-order valence-electron chi connectivity index (χ1n) is 17.0. The molecule has 2 aromatic carbocycles. The molecule has 0 unspecified atom stereocenters. The van der Waals surface area contributed by atoms with Crippen LogP contribution in [0.15, 0.2) is 78.2 Å². The molecule has 0 atom stereocenters. The van der Waals surface area contributed by atoms with Gasteiger partial charge in [0.25, 0.3) is 0 Å². The Morgan fingerprint density at radius 2 is 1.04 bits per heavy atom. The summed E-state index contributed by atoms with van der Waals surface area (Å²) in [6.07, 6.45) is 8.05. The summed E-state index contributed by atoms with van der Waals surface area (Å²) < 4.78 is 53.3. The molecule has 4 aromatic rings. The molecule has 2 aliphatic rings. The van der Waals surface area contributed by atoms with E-state index in [0.717, 1.165) is 30.7 Å². The number of halogens is 4. The van der Waals surface area contributed by atoms with Gasteiger partial charge in [-0.1, -0.05) is 5.16 Å². The number of hydrogen-bond donors (Lipinski definition) is 3. The van der Waals surface area contributed by atoms with Crippen molar-refractivity contribution in [2.75, 3.05) is 24.7 Å². The molecule has 2 aliphatic carbocycles. The summed E-state index contributed by atoms with van der Waals surface area (Å²) in [5.74, 6) is -2.46. The highest BCUT2D eigenvalue weighted by Crippen LogP contribution is 2.25. The summed E-state index contributed by atoms with van der Waals surface area (Å²) in [7, 11) is 3.42. The molecule has 6 rings (SSSR count). The summed E-state index contributed by atoms with van der Waals surface area (Å²) >= 11 is 0. The number of oxime groups is 1. The lowest BCUT2D eigenvalue weighted by atomic mass is 9.93. The van der Waals surface area contributed by atoms with E-state index in [2.05, 4.69) is 25.8 Å². The van der Waals surface area contributed by atoms with Crippen LogP contribution in [0.1, 0.15) is 51.4 Å². The molecule has 0 saturated heterocycles. The van der Waals surface area contributed by atoms with Crippen molar-refractivity contribution in [2.24, 2.45) is 5.16 Å². The van der Waals surface area contributed by atoms with Crippen molar-refractivity contribution in [3.63, 3.8) is 0 Å². The molecular weight excluding hydrogens is 694 g/mol. The third-order valence-electron chi connectivity index (χ3n) is 9.27. The lowest BCUT2D eigenvalue weighted by Crippen LogP contribution is -2.42. The lowest BCUT2D eigenvalue weighted by Gasteiger charge is -2.31. The first-order valence-corrected chi connectivity index (χ1v) is 17.0. The van der Waals surface area contributed by atoms with Crippen LogP contribution in [0.5, 0.6) is 0 Å². The van der Waals surface area contributed by atoms with Gasteiger partial charge >= 0.3 is 12.1 Å². The van der Waals surface area contributed by atoms with E-state index in [-0.39, 0.29) is 29.9 Å². The van der Waals surface area contributed by atoms with E-state index >= 15 is 0 Å². The predicted octanol–water partition coefficient (Wildman–Crippen LogP) is 8.27. The number of benzene rings is 2. The summed E-state index contributed by atoms with van der Waals surface area (Å²) in [5, 5.41) is 17.5. The summed E-state index contributed by atoms with van der Waals surface area (Å²) in [4.78, 5) is 47.6. The standard InChI is InChI=1S/C19H20F2N4O2.C19H19F2N3O2/c1-25(17-5-2-15(24-27)3-6-17)19(26)23-16-4-7-18(22-11-16)12-8-13(20)10-14(21)9-12;1-24(16-3-5-17(25)6-4-16)19(26)23-15-2-7-18(22-11-15)12-8-13(20)10-14(21)9-12/h4,7-11,17,27H,2-3,5-6H2,1H3,(H,23,26);2,7-11,16H,3-6H2,1H3,(H,23,26). The monoisotopic (exact) mass is 733 g/mol. The van der Waals surface area contributed by atoms with Crippen LogP contribution >= 0.6 is 0 Å². The Balaban J connectivity index is 0.000000204. The molecule has 0 radical (unpaired) electrons. The number of amides is 4. The average Bonchev–Trinajstić information content (AvgIpc) is 3.14. The quantitative estimate of drug-likeness (QED) is 0.104. The number of ketones is 1. The maximum atomic E-state index is 13.3. The Bertz CT molecular complexity index is 1900. The average molecular weight is 734 g/mol. The molecule has 0 spiro atoms. The van der Waals surface area contributed by atoms with E-state index in [1.165, 1.54) is 36.7 Å². The van der Waals surface area contributed by atoms with Gasteiger partial charge < -0.3 is 25.6 Å². The molecule has 0 bridgehead atoms. The maximum Gasteiger partial charge on any atom is 0.321 e. The molecule has 0 aliphatic heterocycles. The number of nitrogens with one attached hydrogen (secondary N) is 2. The fourth-order valence-corrected chi connectivity index (χ4v) is 6.17. The highest BCUT2D eigenvalue weighted by molar-refractivity contribution is 5.90. The van der Waals surface area contributed by atoms with Crippen LogP contribution < -0.4 is 10.6 Å². The number of hydrogen-bond acceptors (Lipinski definition) is 7. The van der Waals surface area contributed by atoms with Crippen LogP contribution in [0.3, 0.4) is 0 Å². The topological polar surface area (TPSA) is 140 Å². The van der Waals surface area contributed by atoms with Crippen LogP contribution in [0.4, 0.5) is 38.5 Å². The number of carbonyl (C=O) groups is 3. The molecule has 2 saturated carbocycles. The van der Waals surface area contributed by atoms with Gasteiger partial charge in [-0.05, 0) is 87.1 Å². The van der Waals surface area contributed by atoms with Gasteiger partial charge in [0.2, 0.25) is 0 Å². The van der Waals surface area contributed by atoms with Crippen molar-refractivity contribution in [1.82, 2.24) is 19.8 Å². The highest BCUT2D eigenvalue weighted by atomic mass is 19.1. The van der Waals surface area contributed by atoms with Crippen molar-refractivity contribution in [3.8, 4) is 22.5 Å². The molecule has 2 fully saturated rings. The second-order valence-corrected chi connectivity index (χ2v) is 12.9. The fourth-order valence-electron chi connectivity index (χ4n) is 6.17. The van der Waals surface area contributed by atoms with Gasteiger partial charge in [-0.2, -0.15) is 0 Å². The van der Waals surface area contributed by atoms with Crippen LogP contribution in [-0.2, 0) is 4.79 Å². The SMILES string of the molecule is CN(C(=O)Nc1ccc(-c2cc(F)cc(F)c2)nc1)C1CCC(=NO)CC1.CN(C(=O)Nc1ccc(-c2cc(F)cc(F)c2)nc1)C1CCC(=O)CC1. The first-order chi connectivity index (χ1) is 25.4. The van der Waals surface area contributed by atoms with Crippen LogP contribution in [0, 0.1) is 23.3 Å². The van der Waals surface area contributed by atoms with E-state index in [1.54, 1.807) is 48.2 Å². The van der Waals surface area contributed by atoms with Crippen LogP contribution in [0.25, 0.3) is 22.5 Å². The normalized spacial score (nSPS) is 15.8. The second kappa shape index (κ2) is 17.6. The summed E-state index contributed by atoms with van der Waals surface area (Å²) in [6.45, 7) is 0. The number of Topliss-reactive ketones (excluding diaryl/α,β-unsaturated/α-hetero) is 1. The zero-order chi connectivity index (χ0) is 38.1. The van der Waals surface area contributed by atoms with Gasteiger partial charge in [-0.15, -0.1) is 0 Å². The summed E-state index contributed by atoms with van der Waals surface area (Å²) in [6, 6.07) is 12.4. The van der Waals surface area contributed by atoms with Crippen molar-refractivity contribution in [2.45, 2.75) is 63.5 Å². The molecule has 3 N–H and O–H groups in total. The predicted molar refractivity (Wildman–Crippen MR) is 191 cm³/mol. The minimum absolute atomic E-state index is 0.0372. The Kier molecular flexibility index (Phi) is 12.7. The Morgan fingerprint density at radius 3 is 1.38 bits per heavy atom. The first kappa shape index (κ1) is 38.4. The number of rotatable bonds is 6. The Labute approximate surface area is 303 Å². The van der Waals surface area contributed by atoms with Crippen molar-refractivity contribution >= 4 is 34.9 Å². The number of nitrogens with zero attached hydrogens (tertiary/aromatic N) is 5. The van der Waals surface area contributed by atoms with Gasteiger partial charge in [0.05, 0.1) is 40.9 Å². The summed E-state index contributed by atoms with van der Waals surface area (Å²) in [5.41, 5.74) is 3.18. The molecule has 53 heavy (non-hydrogen) atoms. The fraction of sp³-hybridized carbons (Fsp3) is 0.316. The number of pyridine rings is 2. The molecular formula is C38H39F4N7O4. The van der Waals surface area contributed by atoms with E-state index in [9.17, 15) is 31.9 Å². The minimum atomic E-state index is -0.674. The molecule has 278 valence electrons. The molecule has 4 amide bonds. The van der Waals surface area contributed by atoms with E-state index in [0.29, 0.717) is 72.4 Å². The third kappa shape index (κ3) is 10.6. The highest BCUT2D eigenvalue weighted by Gasteiger charge is 2.26. The number of urea groups is 2. The van der Waals surface area contributed by atoms with Gasteiger partial charge in [0, 0.05) is 62.3 Å². The second-order valence-electron chi connectivity index (χ2n) is 12.9. The third-order valence-corrected chi connectivity index (χ3v) is 9.27. The van der Waals surface area contributed by atoms with E-state index < -0.39 is 23.3 Å². The maximum absolute atomic E-state index is 13.3. The van der Waals surface area contributed by atoms with Crippen LogP contribution in [0.2, 0.25) is 0 Å². The minimum Gasteiger partial charge on any atom is -0.411 e. The largest absolute Gasteiger partial charge is 0.411 e. The van der Waals surface area contributed by atoms with Crippen molar-refractivity contribution in [3.05, 3.63) is 96.3 Å². The Hall–Kier alpha value is -5.86. The van der Waals surface area contributed by atoms with Gasteiger partial charge in [-0.3, -0.25) is 14.8 Å². The molecule has 2 heterocycles. The molecule has 11 nitrogen and oxygen atoms in total. The van der Waals surface area contributed by atoms with Crippen LogP contribution in [-0.4, -0.2) is 74.7 Å². The van der Waals surface area contributed by atoms with Crippen molar-refractivity contribution < 1.29 is 37.2 Å². The number of aromatic nitrogens is 2. The van der Waals surface area contributed by atoms with E-state index in [1.807, 2.05) is 0 Å². The van der Waals surface area contributed by atoms with E-state index in [4.69, 9.17) is 5.21 Å². The lowest BCUT2D eigenvalue weighted by molar-refractivity contribution is -0.121. The van der Waals surface area contributed by atoms with Gasteiger partial charge in [0.1, 0.15) is 29.1 Å². The number of anilines is 2.